The zero-order valence-electron chi connectivity index (χ0n) is 30.3. The van der Waals surface area contributed by atoms with Gasteiger partial charge >= 0.3 is 0 Å². The van der Waals surface area contributed by atoms with Crippen LogP contribution in [0.5, 0.6) is 0 Å². The Morgan fingerprint density at radius 2 is 1.05 bits per heavy atom. The summed E-state index contributed by atoms with van der Waals surface area (Å²) < 4.78 is 6.85. The van der Waals surface area contributed by atoms with E-state index >= 15 is 0 Å². The third-order valence-corrected chi connectivity index (χ3v) is 10.8. The summed E-state index contributed by atoms with van der Waals surface area (Å²) >= 11 is 0. The largest absolute Gasteiger partial charge is 0.455 e. The molecule has 0 aliphatic heterocycles. The van der Waals surface area contributed by atoms with Gasteiger partial charge in [-0.2, -0.15) is 0 Å². The fourth-order valence-electron chi connectivity index (χ4n) is 8.14. The van der Waals surface area contributed by atoms with Gasteiger partial charge in [0, 0.05) is 55.8 Å². The predicted octanol–water partition coefficient (Wildman–Crippen LogP) is 14.3. The van der Waals surface area contributed by atoms with Crippen molar-refractivity contribution in [1.29, 1.82) is 0 Å². The molecule has 11 rings (SSSR count). The third kappa shape index (κ3) is 5.39. The first-order chi connectivity index (χ1) is 27.7. The van der Waals surface area contributed by atoms with Gasteiger partial charge < -0.3 is 9.32 Å². The van der Waals surface area contributed by atoms with Crippen LogP contribution in [0.3, 0.4) is 0 Å². The van der Waals surface area contributed by atoms with E-state index in [0.29, 0.717) is 5.82 Å². The van der Waals surface area contributed by atoms with E-state index < -0.39 is 0 Å². The Labute approximate surface area is 323 Å². The van der Waals surface area contributed by atoms with E-state index in [2.05, 4.69) is 199 Å². The van der Waals surface area contributed by atoms with Crippen molar-refractivity contribution in [1.82, 2.24) is 9.97 Å². The van der Waals surface area contributed by atoms with Crippen molar-refractivity contribution in [2.75, 3.05) is 4.90 Å². The van der Waals surface area contributed by atoms with Gasteiger partial charge in [-0.15, -0.1) is 0 Å². The summed E-state index contributed by atoms with van der Waals surface area (Å²) in [4.78, 5) is 12.8. The lowest BCUT2D eigenvalue weighted by molar-refractivity contribution is 0.673. The minimum atomic E-state index is 0.685. The number of nitrogens with zero attached hydrogens (tertiary/aromatic N) is 3. The first-order valence-corrected chi connectivity index (χ1v) is 18.9. The van der Waals surface area contributed by atoms with E-state index in [1.807, 2.05) is 6.07 Å². The molecule has 0 unspecified atom stereocenters. The zero-order chi connectivity index (χ0) is 37.0. The average Bonchev–Trinajstić information content (AvgIpc) is 3.64. The van der Waals surface area contributed by atoms with Crippen molar-refractivity contribution < 1.29 is 4.42 Å². The Morgan fingerprint density at radius 3 is 1.91 bits per heavy atom. The minimum Gasteiger partial charge on any atom is -0.455 e. The molecule has 0 atom stereocenters. The van der Waals surface area contributed by atoms with Gasteiger partial charge in [0.15, 0.2) is 5.82 Å². The molecule has 0 aliphatic carbocycles. The van der Waals surface area contributed by atoms with E-state index in [-0.39, 0.29) is 0 Å². The molecule has 9 aromatic carbocycles. The molecule has 0 saturated carbocycles. The Bertz CT molecular complexity index is 3260. The van der Waals surface area contributed by atoms with E-state index in [0.717, 1.165) is 83.1 Å². The Hall–Kier alpha value is -7.56. The lowest BCUT2D eigenvalue weighted by atomic mass is 9.98. The van der Waals surface area contributed by atoms with Crippen LogP contribution in [0.25, 0.3) is 88.2 Å². The van der Waals surface area contributed by atoms with Gasteiger partial charge in [0.05, 0.1) is 11.2 Å². The molecule has 0 bridgehead atoms. The second kappa shape index (κ2) is 13.1. The second-order valence-electron chi connectivity index (χ2n) is 14.2. The van der Waals surface area contributed by atoms with E-state index in [9.17, 15) is 0 Å². The summed E-state index contributed by atoms with van der Waals surface area (Å²) in [5, 5.41) is 7.54. The number of anilines is 3. The molecular formula is C52H33N3O. The van der Waals surface area contributed by atoms with Crippen LogP contribution in [0.2, 0.25) is 0 Å². The monoisotopic (exact) mass is 715 g/mol. The molecule has 262 valence electrons. The third-order valence-electron chi connectivity index (χ3n) is 10.8. The molecule has 4 nitrogen and oxygen atoms in total. The first kappa shape index (κ1) is 31.9. The quantitative estimate of drug-likeness (QED) is 0.172. The van der Waals surface area contributed by atoms with Crippen LogP contribution < -0.4 is 4.90 Å². The number of hydrogen-bond acceptors (Lipinski definition) is 4. The van der Waals surface area contributed by atoms with Crippen molar-refractivity contribution in [3.8, 4) is 33.8 Å². The van der Waals surface area contributed by atoms with Crippen LogP contribution in [0.4, 0.5) is 17.1 Å². The smallest absolute Gasteiger partial charge is 0.161 e. The topological polar surface area (TPSA) is 42.2 Å². The minimum absolute atomic E-state index is 0.685. The fraction of sp³-hybridized carbons (Fsp3) is 0. The van der Waals surface area contributed by atoms with Crippen molar-refractivity contribution in [2.24, 2.45) is 0 Å². The molecule has 56 heavy (non-hydrogen) atoms. The highest BCUT2D eigenvalue weighted by molar-refractivity contribution is 6.19. The first-order valence-electron chi connectivity index (χ1n) is 18.9. The SMILES string of the molecule is c1ccc(-c2cccc(N(c3ccccc3)c3ccc4c(c3)oc3c5ccccc5c(-c5nc(-c6ccc7ccccc7c6)c6ccccc6n5)cc43)c2)cc1. The highest BCUT2D eigenvalue weighted by Crippen LogP contribution is 2.43. The number of fused-ring (bicyclic) bond motifs is 7. The number of hydrogen-bond donors (Lipinski definition) is 0. The van der Waals surface area contributed by atoms with Gasteiger partial charge in [-0.05, 0) is 81.9 Å². The highest BCUT2D eigenvalue weighted by Gasteiger charge is 2.20. The summed E-state index contributed by atoms with van der Waals surface area (Å²) in [5.41, 5.74) is 11.0. The molecule has 0 spiro atoms. The average molecular weight is 716 g/mol. The van der Waals surface area contributed by atoms with Crippen molar-refractivity contribution in [3.05, 3.63) is 200 Å². The molecule has 0 fully saturated rings. The Balaban J connectivity index is 1.09. The molecular weight excluding hydrogens is 683 g/mol. The summed E-state index contributed by atoms with van der Waals surface area (Å²) in [6.07, 6.45) is 0. The van der Waals surface area contributed by atoms with Crippen molar-refractivity contribution >= 4 is 71.4 Å². The van der Waals surface area contributed by atoms with Gasteiger partial charge in [0.25, 0.3) is 0 Å². The maximum atomic E-state index is 6.85. The normalized spacial score (nSPS) is 11.6. The zero-order valence-corrected chi connectivity index (χ0v) is 30.3. The molecule has 2 aromatic heterocycles. The molecule has 0 N–H and O–H groups in total. The molecule has 2 heterocycles. The standard InChI is InChI=1S/C52H33N3O/c1-3-14-34(15-4-1)37-18-13-21-40(31-37)55(39-19-5-2-6-20-39)41-28-29-43-46-33-47(42-22-9-10-23-44(42)51(46)56-49(43)32-41)52-53-48-25-12-11-24-45(48)50(54-52)38-27-26-35-16-7-8-17-36(35)30-38/h1-33H. The van der Waals surface area contributed by atoms with Gasteiger partial charge in [-0.1, -0.05) is 140 Å². The van der Waals surface area contributed by atoms with E-state index in [4.69, 9.17) is 14.4 Å². The van der Waals surface area contributed by atoms with Gasteiger partial charge in [-0.25, -0.2) is 9.97 Å². The number of benzene rings is 9. The molecule has 0 aliphatic rings. The fourth-order valence-corrected chi connectivity index (χ4v) is 8.14. The number of rotatable bonds is 6. The second-order valence-corrected chi connectivity index (χ2v) is 14.2. The van der Waals surface area contributed by atoms with Crippen molar-refractivity contribution in [2.45, 2.75) is 0 Å². The predicted molar refractivity (Wildman–Crippen MR) is 233 cm³/mol. The molecule has 0 radical (unpaired) electrons. The summed E-state index contributed by atoms with van der Waals surface area (Å²) in [6, 6.07) is 70.2. The van der Waals surface area contributed by atoms with Gasteiger partial charge in [0.1, 0.15) is 11.2 Å². The Kier molecular flexibility index (Phi) is 7.46. The molecule has 0 saturated heterocycles. The van der Waals surface area contributed by atoms with E-state index in [1.54, 1.807) is 0 Å². The maximum Gasteiger partial charge on any atom is 0.161 e. The van der Waals surface area contributed by atoms with Crippen LogP contribution in [-0.2, 0) is 0 Å². The van der Waals surface area contributed by atoms with Crippen LogP contribution in [0.1, 0.15) is 0 Å². The molecule has 0 amide bonds. The maximum absolute atomic E-state index is 6.85. The van der Waals surface area contributed by atoms with Crippen LogP contribution in [0, 0.1) is 0 Å². The summed E-state index contributed by atoms with van der Waals surface area (Å²) in [5.74, 6) is 0.685. The number of aromatic nitrogens is 2. The number of para-hydroxylation sites is 2. The van der Waals surface area contributed by atoms with Crippen LogP contribution >= 0.6 is 0 Å². The van der Waals surface area contributed by atoms with Crippen LogP contribution in [-0.4, -0.2) is 9.97 Å². The lowest BCUT2D eigenvalue weighted by Crippen LogP contribution is -2.09. The highest BCUT2D eigenvalue weighted by atomic mass is 16.3. The van der Waals surface area contributed by atoms with Crippen LogP contribution in [0.15, 0.2) is 205 Å². The van der Waals surface area contributed by atoms with E-state index in [1.165, 1.54) is 16.3 Å². The van der Waals surface area contributed by atoms with Gasteiger partial charge in [-0.3, -0.25) is 0 Å². The molecule has 4 heteroatoms. The Morgan fingerprint density at radius 1 is 0.375 bits per heavy atom. The van der Waals surface area contributed by atoms with Crippen molar-refractivity contribution in [3.63, 3.8) is 0 Å². The lowest BCUT2D eigenvalue weighted by Gasteiger charge is -2.26. The summed E-state index contributed by atoms with van der Waals surface area (Å²) in [6.45, 7) is 0. The summed E-state index contributed by atoms with van der Waals surface area (Å²) in [7, 11) is 0. The molecule has 11 aromatic rings. The number of furan rings is 1. The van der Waals surface area contributed by atoms with Gasteiger partial charge in [0.2, 0.25) is 0 Å².